The summed E-state index contributed by atoms with van der Waals surface area (Å²) < 4.78 is 28.9. The smallest absolute Gasteiger partial charge is 0.203 e. The zero-order chi connectivity index (χ0) is 24.2. The van der Waals surface area contributed by atoms with Gasteiger partial charge in [-0.2, -0.15) is 5.10 Å². The predicted molar refractivity (Wildman–Crippen MR) is 132 cm³/mol. The number of rotatable bonds is 8. The van der Waals surface area contributed by atoms with Crippen LogP contribution in [0, 0.1) is 0 Å². The Morgan fingerprint density at radius 2 is 1.18 bits per heavy atom. The van der Waals surface area contributed by atoms with Crippen molar-refractivity contribution in [3.63, 3.8) is 0 Å². The number of nitrogen functional groups attached to an aromatic ring is 1. The minimum atomic E-state index is 0.485. The summed E-state index contributed by atoms with van der Waals surface area (Å²) in [6, 6.07) is 18.9. The molecular weight excluding hydrogens is 434 g/mol. The maximum absolute atomic E-state index is 6.69. The topological polar surface area (TPSA) is 90.0 Å². The number of benzene rings is 3. The molecule has 0 fully saturated rings. The monoisotopic (exact) mass is 461 g/mol. The minimum Gasteiger partial charge on any atom is -0.497 e. The molecule has 0 atom stereocenters. The van der Waals surface area contributed by atoms with Crippen LogP contribution in [0.1, 0.15) is 0 Å². The first-order valence-corrected chi connectivity index (χ1v) is 10.5. The summed E-state index contributed by atoms with van der Waals surface area (Å²) >= 11 is 0. The summed E-state index contributed by atoms with van der Waals surface area (Å²) in [5.74, 6) is 3.53. The van der Waals surface area contributed by atoms with E-state index in [1.54, 1.807) is 40.2 Å². The molecule has 3 aromatic carbocycles. The van der Waals surface area contributed by atoms with Crippen molar-refractivity contribution in [3.8, 4) is 56.8 Å². The number of nitrogens with zero attached hydrogens (tertiary/aromatic N) is 2. The van der Waals surface area contributed by atoms with E-state index in [0.29, 0.717) is 28.8 Å². The zero-order valence-corrected chi connectivity index (χ0v) is 19.8. The summed E-state index contributed by atoms with van der Waals surface area (Å²) in [6.07, 6.45) is 0. The second-order valence-electron chi connectivity index (χ2n) is 7.36. The molecule has 0 radical (unpaired) electrons. The second-order valence-corrected chi connectivity index (χ2v) is 7.36. The Kier molecular flexibility index (Phi) is 6.49. The van der Waals surface area contributed by atoms with Crippen LogP contribution in [0.4, 0.5) is 5.82 Å². The van der Waals surface area contributed by atoms with Crippen LogP contribution in [-0.4, -0.2) is 45.3 Å². The van der Waals surface area contributed by atoms with E-state index in [2.05, 4.69) is 0 Å². The molecule has 0 bridgehead atoms. The maximum atomic E-state index is 6.69. The molecule has 34 heavy (non-hydrogen) atoms. The Labute approximate surface area is 198 Å². The molecule has 0 unspecified atom stereocenters. The number of hydrogen-bond donors (Lipinski definition) is 1. The van der Waals surface area contributed by atoms with E-state index in [9.17, 15) is 0 Å². The van der Waals surface area contributed by atoms with Crippen LogP contribution >= 0.6 is 0 Å². The van der Waals surface area contributed by atoms with Crippen LogP contribution in [0.2, 0.25) is 0 Å². The zero-order valence-electron chi connectivity index (χ0n) is 19.8. The fourth-order valence-corrected chi connectivity index (χ4v) is 3.81. The number of nitrogens with two attached hydrogens (primary N) is 1. The third-order valence-electron chi connectivity index (χ3n) is 5.55. The Bertz CT molecular complexity index is 1260. The van der Waals surface area contributed by atoms with Crippen molar-refractivity contribution >= 4 is 5.82 Å². The largest absolute Gasteiger partial charge is 0.497 e. The van der Waals surface area contributed by atoms with Crippen LogP contribution in [0.15, 0.2) is 60.7 Å². The summed E-state index contributed by atoms with van der Waals surface area (Å²) in [7, 11) is 7.98. The molecule has 0 aliphatic carbocycles. The average Bonchev–Trinajstić information content (AvgIpc) is 3.24. The molecule has 0 spiro atoms. The van der Waals surface area contributed by atoms with Crippen molar-refractivity contribution in [2.45, 2.75) is 0 Å². The van der Waals surface area contributed by atoms with Crippen LogP contribution in [-0.2, 0) is 0 Å². The van der Waals surface area contributed by atoms with Gasteiger partial charge in [-0.25, -0.2) is 4.68 Å². The van der Waals surface area contributed by atoms with Gasteiger partial charge in [0.15, 0.2) is 11.5 Å². The standard InChI is InChI=1S/C26H27N3O5/c1-30-19-10-6-16(7-11-19)23-24(17-14-21(32-3)25(34-5)22(15-17)33-4)28-29(26(23)27)18-8-12-20(31-2)13-9-18/h6-15H,27H2,1-5H3. The van der Waals surface area contributed by atoms with Gasteiger partial charge in [-0.1, -0.05) is 12.1 Å². The molecule has 8 heteroatoms. The lowest BCUT2D eigenvalue weighted by atomic mass is 10.00. The van der Waals surface area contributed by atoms with Gasteiger partial charge >= 0.3 is 0 Å². The summed E-state index contributed by atoms with van der Waals surface area (Å²) in [5.41, 5.74) is 10.6. The van der Waals surface area contributed by atoms with Crippen molar-refractivity contribution in [1.29, 1.82) is 0 Å². The van der Waals surface area contributed by atoms with Gasteiger partial charge in [-0.3, -0.25) is 0 Å². The van der Waals surface area contributed by atoms with Crippen molar-refractivity contribution in [3.05, 3.63) is 60.7 Å². The normalized spacial score (nSPS) is 10.6. The third-order valence-corrected chi connectivity index (χ3v) is 5.55. The van der Waals surface area contributed by atoms with Crippen molar-refractivity contribution in [1.82, 2.24) is 9.78 Å². The van der Waals surface area contributed by atoms with Crippen LogP contribution < -0.4 is 29.4 Å². The summed E-state index contributed by atoms with van der Waals surface area (Å²) in [4.78, 5) is 0. The lowest BCUT2D eigenvalue weighted by molar-refractivity contribution is 0.324. The molecule has 2 N–H and O–H groups in total. The highest BCUT2D eigenvalue weighted by molar-refractivity contribution is 5.90. The number of hydrogen-bond acceptors (Lipinski definition) is 7. The fraction of sp³-hybridized carbons (Fsp3) is 0.192. The first-order valence-electron chi connectivity index (χ1n) is 10.5. The molecule has 1 aromatic heterocycles. The highest BCUT2D eigenvalue weighted by Crippen LogP contribution is 2.45. The highest BCUT2D eigenvalue weighted by Gasteiger charge is 2.23. The van der Waals surface area contributed by atoms with E-state index in [1.807, 2.05) is 60.7 Å². The van der Waals surface area contributed by atoms with Gasteiger partial charge in [-0.05, 0) is 54.1 Å². The molecule has 4 rings (SSSR count). The van der Waals surface area contributed by atoms with E-state index in [-0.39, 0.29) is 0 Å². The second kappa shape index (κ2) is 9.66. The van der Waals surface area contributed by atoms with Crippen LogP contribution in [0.5, 0.6) is 28.7 Å². The lowest BCUT2D eigenvalue weighted by Gasteiger charge is -2.14. The van der Waals surface area contributed by atoms with Crippen LogP contribution in [0.3, 0.4) is 0 Å². The Morgan fingerprint density at radius 3 is 1.65 bits per heavy atom. The third kappa shape index (κ3) is 4.05. The molecule has 0 saturated carbocycles. The number of aromatic nitrogens is 2. The molecule has 0 aliphatic heterocycles. The maximum Gasteiger partial charge on any atom is 0.203 e. The van der Waals surface area contributed by atoms with Gasteiger partial charge in [0.25, 0.3) is 0 Å². The van der Waals surface area contributed by atoms with Gasteiger partial charge in [0.1, 0.15) is 23.0 Å². The number of anilines is 1. The van der Waals surface area contributed by atoms with E-state index in [0.717, 1.165) is 33.9 Å². The molecule has 1 heterocycles. The molecule has 0 saturated heterocycles. The lowest BCUT2D eigenvalue weighted by Crippen LogP contribution is -2.02. The van der Waals surface area contributed by atoms with Crippen molar-refractivity contribution in [2.24, 2.45) is 0 Å². The Balaban J connectivity index is 1.97. The minimum absolute atomic E-state index is 0.485. The molecule has 0 aliphatic rings. The van der Waals surface area contributed by atoms with Gasteiger partial charge in [0, 0.05) is 5.56 Å². The van der Waals surface area contributed by atoms with E-state index in [1.165, 1.54) is 0 Å². The molecule has 4 aromatic rings. The first kappa shape index (κ1) is 22.8. The van der Waals surface area contributed by atoms with E-state index in [4.69, 9.17) is 34.5 Å². The summed E-state index contributed by atoms with van der Waals surface area (Å²) in [6.45, 7) is 0. The Morgan fingerprint density at radius 1 is 0.647 bits per heavy atom. The fourth-order valence-electron chi connectivity index (χ4n) is 3.81. The Hall–Kier alpha value is -4.33. The predicted octanol–water partition coefficient (Wildman–Crippen LogP) is 4.83. The highest BCUT2D eigenvalue weighted by atomic mass is 16.5. The average molecular weight is 462 g/mol. The SMILES string of the molecule is COc1ccc(-c2c(-c3cc(OC)c(OC)c(OC)c3)nn(-c3ccc(OC)cc3)c2N)cc1. The molecule has 176 valence electrons. The van der Waals surface area contributed by atoms with Gasteiger partial charge in [-0.15, -0.1) is 0 Å². The summed E-state index contributed by atoms with van der Waals surface area (Å²) in [5, 5.41) is 4.90. The molecule has 0 amide bonds. The van der Waals surface area contributed by atoms with Crippen molar-refractivity contribution < 1.29 is 23.7 Å². The van der Waals surface area contributed by atoms with Gasteiger partial charge in [0.05, 0.1) is 46.8 Å². The number of ether oxygens (including phenoxy) is 5. The van der Waals surface area contributed by atoms with Gasteiger partial charge in [0.2, 0.25) is 5.75 Å². The molecular formula is C26H27N3O5. The molecule has 8 nitrogen and oxygen atoms in total. The van der Waals surface area contributed by atoms with E-state index >= 15 is 0 Å². The number of methoxy groups -OCH3 is 5. The first-order chi connectivity index (χ1) is 16.5. The van der Waals surface area contributed by atoms with Crippen LogP contribution in [0.25, 0.3) is 28.1 Å². The van der Waals surface area contributed by atoms with E-state index < -0.39 is 0 Å². The quantitative estimate of drug-likeness (QED) is 0.402. The van der Waals surface area contributed by atoms with Crippen molar-refractivity contribution in [2.75, 3.05) is 41.3 Å². The van der Waals surface area contributed by atoms with Gasteiger partial charge < -0.3 is 29.4 Å².